The van der Waals surface area contributed by atoms with E-state index in [1.807, 2.05) is 79.4 Å². The van der Waals surface area contributed by atoms with Gasteiger partial charge >= 0.3 is 6.09 Å². The third-order valence-electron chi connectivity index (χ3n) is 6.89. The molecular formula is C30H37N5O3. The van der Waals surface area contributed by atoms with E-state index < -0.39 is 5.54 Å². The van der Waals surface area contributed by atoms with Crippen molar-refractivity contribution in [3.05, 3.63) is 66.2 Å². The van der Waals surface area contributed by atoms with Crippen molar-refractivity contribution in [1.82, 2.24) is 15.1 Å². The zero-order chi connectivity index (χ0) is 27.1. The fraction of sp³-hybridized carbons (Fsp3) is 0.400. The number of carbonyl (C=O) groups is 2. The van der Waals surface area contributed by atoms with Crippen LogP contribution in [0.3, 0.4) is 0 Å². The molecule has 8 heteroatoms. The maximum absolute atomic E-state index is 11.4. The lowest BCUT2D eigenvalue weighted by Crippen LogP contribution is -2.37. The lowest BCUT2D eigenvalue weighted by Gasteiger charge is -2.28. The molecular weight excluding hydrogens is 478 g/mol. The van der Waals surface area contributed by atoms with Gasteiger partial charge in [-0.3, -0.25) is 4.79 Å². The van der Waals surface area contributed by atoms with E-state index in [2.05, 4.69) is 15.5 Å². The second-order valence-corrected chi connectivity index (χ2v) is 10.4. The van der Waals surface area contributed by atoms with Crippen molar-refractivity contribution in [2.45, 2.75) is 64.5 Å². The molecule has 5 rings (SSSR count). The molecule has 0 bridgehead atoms. The van der Waals surface area contributed by atoms with Crippen molar-refractivity contribution in [3.8, 4) is 22.4 Å². The number of ether oxygens (including phenoxy) is 1. The zero-order valence-corrected chi connectivity index (χ0v) is 22.4. The fourth-order valence-electron chi connectivity index (χ4n) is 4.87. The highest BCUT2D eigenvalue weighted by Crippen LogP contribution is 2.32. The third kappa shape index (κ3) is 6.95. The van der Waals surface area contributed by atoms with Gasteiger partial charge in [-0.25, -0.2) is 4.79 Å². The molecule has 1 aliphatic carbocycles. The molecule has 8 nitrogen and oxygen atoms in total. The standard InChI is InChI=1S/C21H22N4O.C9H15NO2/c1-14(26)23-19-13-18(15-7-5-4-6-8-15)20(25-24-19)16-9-11-17(12-10-16)21(2,3)22;11-9-10(6-7-12-9)8-4-2-1-3-5-8/h4-13H,22H2,1-3H3,(H,23,24,26);8H,1-7H2. The minimum absolute atomic E-state index is 0.0955. The number of amides is 2. The molecule has 2 amide bonds. The van der Waals surface area contributed by atoms with Gasteiger partial charge < -0.3 is 20.7 Å². The Bertz CT molecular complexity index is 1230. The summed E-state index contributed by atoms with van der Waals surface area (Å²) in [5, 5.41) is 11.2. The number of cyclic esters (lactones) is 1. The van der Waals surface area contributed by atoms with Crippen LogP contribution in [-0.4, -0.2) is 46.3 Å². The number of nitrogens with two attached hydrogens (primary N) is 1. The van der Waals surface area contributed by atoms with E-state index in [4.69, 9.17) is 10.5 Å². The van der Waals surface area contributed by atoms with Crippen LogP contribution >= 0.6 is 0 Å². The van der Waals surface area contributed by atoms with E-state index in [9.17, 15) is 9.59 Å². The van der Waals surface area contributed by atoms with Gasteiger partial charge in [0.05, 0.1) is 6.54 Å². The molecule has 2 fully saturated rings. The maximum Gasteiger partial charge on any atom is 0.410 e. The number of nitrogens with zero attached hydrogens (tertiary/aromatic N) is 3. The Kier molecular flexibility index (Phi) is 8.73. The van der Waals surface area contributed by atoms with Crippen LogP contribution in [0.25, 0.3) is 22.4 Å². The Morgan fingerprint density at radius 3 is 2.26 bits per heavy atom. The summed E-state index contributed by atoms with van der Waals surface area (Å²) in [5.41, 5.74) is 10.4. The van der Waals surface area contributed by atoms with E-state index in [1.165, 1.54) is 39.0 Å². The molecule has 0 atom stereocenters. The van der Waals surface area contributed by atoms with E-state index in [-0.39, 0.29) is 12.0 Å². The Labute approximate surface area is 224 Å². The summed E-state index contributed by atoms with van der Waals surface area (Å²) >= 11 is 0. The van der Waals surface area contributed by atoms with Gasteiger partial charge in [-0.2, -0.15) is 0 Å². The summed E-state index contributed by atoms with van der Waals surface area (Å²) in [5.74, 6) is 0.250. The SMILES string of the molecule is CC(=O)Nc1cc(-c2ccccc2)c(-c2ccc(C(C)(C)N)cc2)nn1.O=C1OCCN1C1CCCCC1. The van der Waals surface area contributed by atoms with E-state index in [1.54, 1.807) is 0 Å². The van der Waals surface area contributed by atoms with E-state index >= 15 is 0 Å². The Morgan fingerprint density at radius 1 is 1.00 bits per heavy atom. The minimum Gasteiger partial charge on any atom is -0.448 e. The molecule has 200 valence electrons. The first-order valence-electron chi connectivity index (χ1n) is 13.3. The summed E-state index contributed by atoms with van der Waals surface area (Å²) in [7, 11) is 0. The number of aromatic nitrogens is 2. The first-order valence-corrected chi connectivity index (χ1v) is 13.3. The number of benzene rings is 2. The van der Waals surface area contributed by atoms with Gasteiger partial charge in [-0.15, -0.1) is 10.2 Å². The smallest absolute Gasteiger partial charge is 0.410 e. The van der Waals surface area contributed by atoms with Crippen LogP contribution in [0.2, 0.25) is 0 Å². The fourth-order valence-corrected chi connectivity index (χ4v) is 4.87. The lowest BCUT2D eigenvalue weighted by molar-refractivity contribution is -0.114. The van der Waals surface area contributed by atoms with Gasteiger partial charge in [0.15, 0.2) is 5.82 Å². The Balaban J connectivity index is 0.000000232. The molecule has 38 heavy (non-hydrogen) atoms. The highest BCUT2D eigenvalue weighted by atomic mass is 16.6. The number of hydrogen-bond donors (Lipinski definition) is 2. The first-order chi connectivity index (χ1) is 18.2. The molecule has 3 N–H and O–H groups in total. The molecule has 3 aromatic rings. The summed E-state index contributed by atoms with van der Waals surface area (Å²) in [6, 6.07) is 20.3. The van der Waals surface area contributed by atoms with Crippen LogP contribution in [0.5, 0.6) is 0 Å². The monoisotopic (exact) mass is 515 g/mol. The average molecular weight is 516 g/mol. The largest absolute Gasteiger partial charge is 0.448 e. The van der Waals surface area contributed by atoms with Crippen molar-refractivity contribution >= 4 is 17.8 Å². The predicted molar refractivity (Wildman–Crippen MR) is 149 cm³/mol. The highest BCUT2D eigenvalue weighted by Gasteiger charge is 2.30. The van der Waals surface area contributed by atoms with Crippen molar-refractivity contribution < 1.29 is 14.3 Å². The van der Waals surface area contributed by atoms with Crippen molar-refractivity contribution in [2.75, 3.05) is 18.5 Å². The topological polar surface area (TPSA) is 110 Å². The zero-order valence-electron chi connectivity index (χ0n) is 22.4. The average Bonchev–Trinajstić information content (AvgIpc) is 3.35. The number of nitrogens with one attached hydrogen (secondary N) is 1. The summed E-state index contributed by atoms with van der Waals surface area (Å²) in [6.45, 7) is 6.79. The molecule has 2 aromatic carbocycles. The second-order valence-electron chi connectivity index (χ2n) is 10.4. The molecule has 2 heterocycles. The maximum atomic E-state index is 11.4. The Hall–Kier alpha value is -3.78. The number of carbonyl (C=O) groups excluding carboxylic acids is 2. The molecule has 0 radical (unpaired) electrons. The summed E-state index contributed by atoms with van der Waals surface area (Å²) in [6.07, 6.45) is 6.13. The molecule has 1 saturated carbocycles. The van der Waals surface area contributed by atoms with Gasteiger partial charge in [0, 0.05) is 29.6 Å². The van der Waals surface area contributed by atoms with Crippen molar-refractivity contribution in [1.29, 1.82) is 0 Å². The molecule has 1 aromatic heterocycles. The molecule has 1 aliphatic heterocycles. The predicted octanol–water partition coefficient (Wildman–Crippen LogP) is 5.73. The number of anilines is 1. The van der Waals surface area contributed by atoms with Crippen LogP contribution in [0.4, 0.5) is 10.6 Å². The van der Waals surface area contributed by atoms with Crippen LogP contribution in [0.15, 0.2) is 60.7 Å². The third-order valence-corrected chi connectivity index (χ3v) is 6.89. The van der Waals surface area contributed by atoms with Crippen LogP contribution < -0.4 is 11.1 Å². The number of hydrogen-bond acceptors (Lipinski definition) is 6. The highest BCUT2D eigenvalue weighted by molar-refractivity contribution is 5.90. The minimum atomic E-state index is -0.401. The summed E-state index contributed by atoms with van der Waals surface area (Å²) in [4.78, 5) is 24.4. The van der Waals surface area contributed by atoms with E-state index in [0.29, 0.717) is 18.5 Å². The number of rotatable bonds is 5. The molecule has 2 aliphatic rings. The quantitative estimate of drug-likeness (QED) is 0.449. The summed E-state index contributed by atoms with van der Waals surface area (Å²) < 4.78 is 4.91. The van der Waals surface area contributed by atoms with Crippen LogP contribution in [0.1, 0.15) is 58.4 Å². The van der Waals surface area contributed by atoms with Crippen LogP contribution in [0, 0.1) is 0 Å². The normalized spacial score (nSPS) is 15.9. The molecule has 1 saturated heterocycles. The van der Waals surface area contributed by atoms with Crippen molar-refractivity contribution in [2.24, 2.45) is 5.73 Å². The molecule has 0 spiro atoms. The Morgan fingerprint density at radius 2 is 1.68 bits per heavy atom. The van der Waals surface area contributed by atoms with Gasteiger partial charge in [-0.05, 0) is 43.9 Å². The second kappa shape index (κ2) is 12.2. The van der Waals surface area contributed by atoms with Crippen LogP contribution in [-0.2, 0) is 15.1 Å². The van der Waals surface area contributed by atoms with Crippen molar-refractivity contribution in [3.63, 3.8) is 0 Å². The van der Waals surface area contributed by atoms with Gasteiger partial charge in [-0.1, -0.05) is 73.9 Å². The molecule has 0 unspecified atom stereocenters. The van der Waals surface area contributed by atoms with E-state index in [0.717, 1.165) is 34.5 Å². The first kappa shape index (κ1) is 27.3. The van der Waals surface area contributed by atoms with Gasteiger partial charge in [0.2, 0.25) is 5.91 Å². The van der Waals surface area contributed by atoms with Gasteiger partial charge in [0.1, 0.15) is 12.3 Å². The lowest BCUT2D eigenvalue weighted by atomic mass is 9.93. The van der Waals surface area contributed by atoms with Gasteiger partial charge in [0.25, 0.3) is 0 Å².